The van der Waals surface area contributed by atoms with Crippen molar-refractivity contribution >= 4 is 5.91 Å². The average Bonchev–Trinajstić information content (AvgIpc) is 3.06. The Morgan fingerprint density at radius 1 is 1.06 bits per heavy atom. The summed E-state index contributed by atoms with van der Waals surface area (Å²) in [7, 11) is 0. The largest absolute Gasteiger partial charge is 0.355 e. The van der Waals surface area contributed by atoms with Gasteiger partial charge in [0.1, 0.15) is 0 Å². The third kappa shape index (κ3) is 4.30. The number of nitrogens with one attached hydrogen (secondary N) is 2. The highest BCUT2D eigenvalue weighted by Gasteiger charge is 2.29. The van der Waals surface area contributed by atoms with Gasteiger partial charge in [0, 0.05) is 25.0 Å². The van der Waals surface area contributed by atoms with Crippen LogP contribution in [0.2, 0.25) is 0 Å². The summed E-state index contributed by atoms with van der Waals surface area (Å²) in [6.45, 7) is 6.40. The molecule has 0 aromatic rings. The van der Waals surface area contributed by atoms with Gasteiger partial charge in [0.05, 0.1) is 0 Å². The van der Waals surface area contributed by atoms with Crippen molar-refractivity contribution in [2.24, 2.45) is 17.8 Å². The van der Waals surface area contributed by atoms with Crippen molar-refractivity contribution in [3.05, 3.63) is 0 Å². The molecule has 2 aliphatic rings. The second-order valence-corrected chi connectivity index (χ2v) is 6.13. The molecule has 0 spiro atoms. The number of rotatable bonds is 5. The first-order valence-electron chi connectivity index (χ1n) is 7.16. The zero-order valence-electron chi connectivity index (χ0n) is 11.2. The van der Waals surface area contributed by atoms with E-state index in [0.29, 0.717) is 12.0 Å². The monoisotopic (exact) mass is 238 g/mol. The number of amides is 1. The van der Waals surface area contributed by atoms with Gasteiger partial charge >= 0.3 is 0 Å². The summed E-state index contributed by atoms with van der Waals surface area (Å²) in [5.74, 6) is 2.29. The van der Waals surface area contributed by atoms with Crippen molar-refractivity contribution in [2.75, 3.05) is 13.1 Å². The van der Waals surface area contributed by atoms with Crippen LogP contribution in [0.3, 0.4) is 0 Å². The minimum Gasteiger partial charge on any atom is -0.355 e. The highest BCUT2D eigenvalue weighted by molar-refractivity contribution is 5.80. The minimum absolute atomic E-state index is 0.261. The predicted molar refractivity (Wildman–Crippen MR) is 69.7 cm³/mol. The maximum absolute atomic E-state index is 11.4. The summed E-state index contributed by atoms with van der Waals surface area (Å²) >= 11 is 0. The van der Waals surface area contributed by atoms with Gasteiger partial charge in [0.15, 0.2) is 0 Å². The molecule has 2 rings (SSSR count). The van der Waals surface area contributed by atoms with Crippen LogP contribution in [0.4, 0.5) is 0 Å². The summed E-state index contributed by atoms with van der Waals surface area (Å²) in [6, 6.07) is 0.659. The lowest BCUT2D eigenvalue weighted by atomic mass is 9.80. The molecule has 0 radical (unpaired) electrons. The lowest BCUT2D eigenvalue weighted by molar-refractivity contribution is -0.122. The molecule has 1 amide bonds. The smallest absolute Gasteiger partial charge is 0.223 e. The molecule has 0 saturated heterocycles. The van der Waals surface area contributed by atoms with E-state index in [4.69, 9.17) is 0 Å². The average molecular weight is 238 g/mol. The lowest BCUT2D eigenvalue weighted by Crippen LogP contribution is -2.41. The number of hydrogen-bond donors (Lipinski definition) is 2. The summed E-state index contributed by atoms with van der Waals surface area (Å²) in [5.41, 5.74) is 0. The number of carbonyl (C=O) groups is 1. The maximum Gasteiger partial charge on any atom is 0.223 e. The molecule has 0 heterocycles. The Morgan fingerprint density at radius 3 is 2.29 bits per heavy atom. The summed E-state index contributed by atoms with van der Waals surface area (Å²) in [6.07, 6.45) is 6.15. The van der Waals surface area contributed by atoms with Crippen molar-refractivity contribution in [3.63, 3.8) is 0 Å². The highest BCUT2D eigenvalue weighted by Crippen LogP contribution is 2.29. The van der Waals surface area contributed by atoms with E-state index in [0.717, 1.165) is 37.8 Å². The van der Waals surface area contributed by atoms with Crippen LogP contribution in [0.25, 0.3) is 0 Å². The molecule has 2 unspecified atom stereocenters. The van der Waals surface area contributed by atoms with Gasteiger partial charge in [0.2, 0.25) is 5.91 Å². The van der Waals surface area contributed by atoms with E-state index >= 15 is 0 Å². The summed E-state index contributed by atoms with van der Waals surface area (Å²) in [5, 5.41) is 6.59. The molecule has 0 bridgehead atoms. The van der Waals surface area contributed by atoms with Crippen LogP contribution >= 0.6 is 0 Å². The van der Waals surface area contributed by atoms with Crippen LogP contribution in [0.1, 0.15) is 46.0 Å². The van der Waals surface area contributed by atoms with Crippen LogP contribution in [0.5, 0.6) is 0 Å². The van der Waals surface area contributed by atoms with E-state index in [9.17, 15) is 4.79 Å². The van der Waals surface area contributed by atoms with E-state index < -0.39 is 0 Å². The maximum atomic E-state index is 11.4. The topological polar surface area (TPSA) is 41.1 Å². The Bertz CT molecular complexity index is 253. The molecule has 2 saturated carbocycles. The van der Waals surface area contributed by atoms with Gasteiger partial charge in [-0.1, -0.05) is 13.8 Å². The van der Waals surface area contributed by atoms with Crippen LogP contribution in [0, 0.1) is 17.8 Å². The van der Waals surface area contributed by atoms with Gasteiger partial charge in [-0.2, -0.15) is 0 Å². The Hall–Kier alpha value is -0.570. The van der Waals surface area contributed by atoms with Gasteiger partial charge in [-0.3, -0.25) is 4.79 Å². The Labute approximate surface area is 105 Å². The van der Waals surface area contributed by atoms with Crippen molar-refractivity contribution in [1.82, 2.24) is 10.6 Å². The predicted octanol–water partition coefficient (Wildman–Crippen LogP) is 1.93. The van der Waals surface area contributed by atoms with Gasteiger partial charge < -0.3 is 10.6 Å². The number of hydrogen-bond acceptors (Lipinski definition) is 2. The van der Waals surface area contributed by atoms with E-state index in [2.05, 4.69) is 24.5 Å². The first kappa shape index (κ1) is 12.9. The lowest BCUT2D eigenvalue weighted by Gasteiger charge is -2.32. The molecule has 2 fully saturated rings. The van der Waals surface area contributed by atoms with Gasteiger partial charge in [-0.05, 0) is 43.9 Å². The third-order valence-corrected chi connectivity index (χ3v) is 3.98. The van der Waals surface area contributed by atoms with Crippen molar-refractivity contribution in [3.8, 4) is 0 Å². The zero-order valence-corrected chi connectivity index (χ0v) is 11.2. The normalized spacial score (nSPS) is 33.4. The van der Waals surface area contributed by atoms with Crippen molar-refractivity contribution in [2.45, 2.75) is 52.0 Å². The third-order valence-electron chi connectivity index (χ3n) is 3.98. The van der Waals surface area contributed by atoms with Crippen molar-refractivity contribution < 1.29 is 4.79 Å². The molecule has 2 atom stereocenters. The molecule has 98 valence electrons. The first-order chi connectivity index (χ1) is 8.15. The second-order valence-electron chi connectivity index (χ2n) is 6.13. The van der Waals surface area contributed by atoms with E-state index in [1.165, 1.54) is 19.3 Å². The number of carbonyl (C=O) groups excluding carboxylic acids is 1. The molecule has 3 heteroatoms. The molecule has 17 heavy (non-hydrogen) atoms. The fraction of sp³-hybridized carbons (Fsp3) is 0.929. The molecule has 2 N–H and O–H groups in total. The van der Waals surface area contributed by atoms with Crippen LogP contribution in [-0.2, 0) is 4.79 Å². The summed E-state index contributed by atoms with van der Waals surface area (Å²) in [4.78, 5) is 11.4. The summed E-state index contributed by atoms with van der Waals surface area (Å²) < 4.78 is 0. The zero-order chi connectivity index (χ0) is 12.3. The molecule has 0 aromatic carbocycles. The standard InChI is InChI=1S/C14H26N2O/c1-10-7-11(2)9-13(8-10)15-5-6-16-14(17)12-3-4-12/h10-13,15H,3-9H2,1-2H3,(H,16,17). The Balaban J connectivity index is 1.56. The fourth-order valence-electron chi connectivity index (χ4n) is 3.07. The van der Waals surface area contributed by atoms with Crippen LogP contribution in [-0.4, -0.2) is 25.0 Å². The minimum atomic E-state index is 0.261. The van der Waals surface area contributed by atoms with Crippen LogP contribution < -0.4 is 10.6 Å². The Kier molecular flexibility index (Phi) is 4.43. The second kappa shape index (κ2) is 5.85. The van der Waals surface area contributed by atoms with E-state index in [1.54, 1.807) is 0 Å². The van der Waals surface area contributed by atoms with Gasteiger partial charge in [0.25, 0.3) is 0 Å². The quantitative estimate of drug-likeness (QED) is 0.719. The molecule has 2 aliphatic carbocycles. The Morgan fingerprint density at radius 2 is 1.71 bits per heavy atom. The first-order valence-corrected chi connectivity index (χ1v) is 7.16. The molecule has 3 nitrogen and oxygen atoms in total. The molecule has 0 aliphatic heterocycles. The van der Waals surface area contributed by atoms with Gasteiger partial charge in [-0.25, -0.2) is 0 Å². The van der Waals surface area contributed by atoms with Gasteiger partial charge in [-0.15, -0.1) is 0 Å². The molecular formula is C14H26N2O. The van der Waals surface area contributed by atoms with E-state index in [-0.39, 0.29) is 5.91 Å². The fourth-order valence-corrected chi connectivity index (χ4v) is 3.07. The SMILES string of the molecule is CC1CC(C)CC(NCCNC(=O)C2CC2)C1. The molecule has 0 aromatic heterocycles. The van der Waals surface area contributed by atoms with Crippen LogP contribution in [0.15, 0.2) is 0 Å². The van der Waals surface area contributed by atoms with Crippen molar-refractivity contribution in [1.29, 1.82) is 0 Å². The van der Waals surface area contributed by atoms with E-state index in [1.807, 2.05) is 0 Å². The highest BCUT2D eigenvalue weighted by atomic mass is 16.2. The molecular weight excluding hydrogens is 212 g/mol.